The van der Waals surface area contributed by atoms with Crippen molar-refractivity contribution in [3.8, 4) is 5.75 Å². The summed E-state index contributed by atoms with van der Waals surface area (Å²) in [5, 5.41) is 0.981. The SMILES string of the molecule is CCCCOc1ccc(C(=O)N2CCN(c3nc4cccnc4s3)CC2)cc1. The van der Waals surface area contributed by atoms with Gasteiger partial charge in [-0.05, 0) is 42.8 Å². The number of piperazine rings is 1. The van der Waals surface area contributed by atoms with Crippen LogP contribution in [0.3, 0.4) is 0 Å². The van der Waals surface area contributed by atoms with E-state index in [0.717, 1.165) is 47.2 Å². The van der Waals surface area contributed by atoms with Crippen LogP contribution in [0.2, 0.25) is 0 Å². The Balaban J connectivity index is 1.34. The number of hydrogen-bond acceptors (Lipinski definition) is 6. The van der Waals surface area contributed by atoms with Gasteiger partial charge in [-0.25, -0.2) is 9.97 Å². The highest BCUT2D eigenvalue weighted by molar-refractivity contribution is 7.21. The number of carbonyl (C=O) groups excluding carboxylic acids is 1. The fourth-order valence-corrected chi connectivity index (χ4v) is 4.17. The van der Waals surface area contributed by atoms with Crippen molar-refractivity contribution in [1.29, 1.82) is 0 Å². The molecule has 1 amide bonds. The van der Waals surface area contributed by atoms with E-state index in [2.05, 4.69) is 21.8 Å². The van der Waals surface area contributed by atoms with Crippen LogP contribution >= 0.6 is 11.3 Å². The average molecular weight is 397 g/mol. The van der Waals surface area contributed by atoms with Crippen molar-refractivity contribution in [2.24, 2.45) is 0 Å². The van der Waals surface area contributed by atoms with Gasteiger partial charge in [-0.15, -0.1) is 0 Å². The Morgan fingerprint density at radius 1 is 1.14 bits per heavy atom. The first kappa shape index (κ1) is 18.7. The predicted octanol–water partition coefficient (Wildman–Crippen LogP) is 3.83. The summed E-state index contributed by atoms with van der Waals surface area (Å²) < 4.78 is 5.67. The summed E-state index contributed by atoms with van der Waals surface area (Å²) in [5.41, 5.74) is 1.64. The molecule has 1 aliphatic heterocycles. The molecule has 7 heteroatoms. The molecule has 0 radical (unpaired) electrons. The first-order valence-electron chi connectivity index (χ1n) is 9.73. The van der Waals surface area contributed by atoms with Gasteiger partial charge < -0.3 is 14.5 Å². The molecule has 1 aliphatic rings. The molecule has 1 fully saturated rings. The van der Waals surface area contributed by atoms with Gasteiger partial charge in [0, 0.05) is 37.9 Å². The van der Waals surface area contributed by atoms with Crippen molar-refractivity contribution in [3.05, 3.63) is 48.2 Å². The number of pyridine rings is 1. The number of benzene rings is 1. The van der Waals surface area contributed by atoms with Crippen LogP contribution in [0.1, 0.15) is 30.1 Å². The third kappa shape index (κ3) is 4.09. The second kappa shape index (κ2) is 8.56. The molecule has 4 rings (SSSR count). The summed E-state index contributed by atoms with van der Waals surface area (Å²) in [5.74, 6) is 0.894. The molecule has 0 bridgehead atoms. The zero-order chi connectivity index (χ0) is 19.3. The topological polar surface area (TPSA) is 58.6 Å². The fourth-order valence-electron chi connectivity index (χ4n) is 3.21. The number of carbonyl (C=O) groups is 1. The second-order valence-corrected chi connectivity index (χ2v) is 7.79. The van der Waals surface area contributed by atoms with Crippen molar-refractivity contribution in [2.75, 3.05) is 37.7 Å². The van der Waals surface area contributed by atoms with Gasteiger partial charge in [0.2, 0.25) is 0 Å². The zero-order valence-corrected chi connectivity index (χ0v) is 16.8. The van der Waals surface area contributed by atoms with E-state index in [-0.39, 0.29) is 5.91 Å². The number of anilines is 1. The fraction of sp³-hybridized carbons (Fsp3) is 0.381. The quantitative estimate of drug-likeness (QED) is 0.593. The summed E-state index contributed by atoms with van der Waals surface area (Å²) in [6.07, 6.45) is 3.94. The lowest BCUT2D eigenvalue weighted by atomic mass is 10.1. The van der Waals surface area contributed by atoms with E-state index < -0.39 is 0 Å². The van der Waals surface area contributed by atoms with E-state index in [0.29, 0.717) is 25.3 Å². The van der Waals surface area contributed by atoms with Gasteiger partial charge in [-0.2, -0.15) is 0 Å². The molecule has 146 valence electrons. The Bertz CT molecular complexity index is 900. The molecule has 6 nitrogen and oxygen atoms in total. The number of unbranched alkanes of at least 4 members (excludes halogenated alkanes) is 1. The van der Waals surface area contributed by atoms with Crippen molar-refractivity contribution >= 4 is 32.7 Å². The molecule has 2 aromatic heterocycles. The number of aromatic nitrogens is 2. The minimum atomic E-state index is 0.0747. The van der Waals surface area contributed by atoms with Crippen molar-refractivity contribution in [1.82, 2.24) is 14.9 Å². The Kier molecular flexibility index (Phi) is 5.71. The third-order valence-corrected chi connectivity index (χ3v) is 5.90. The number of fused-ring (bicyclic) bond motifs is 1. The maximum absolute atomic E-state index is 12.8. The van der Waals surface area contributed by atoms with Crippen molar-refractivity contribution in [2.45, 2.75) is 19.8 Å². The van der Waals surface area contributed by atoms with E-state index in [1.807, 2.05) is 41.3 Å². The molecule has 0 aliphatic carbocycles. The number of hydrogen-bond donors (Lipinski definition) is 0. The van der Waals surface area contributed by atoms with Crippen LogP contribution in [0.5, 0.6) is 5.75 Å². The van der Waals surface area contributed by atoms with Crippen LogP contribution in [0.15, 0.2) is 42.6 Å². The predicted molar refractivity (Wildman–Crippen MR) is 112 cm³/mol. The molecular weight excluding hydrogens is 372 g/mol. The number of nitrogens with zero attached hydrogens (tertiary/aromatic N) is 4. The van der Waals surface area contributed by atoms with Gasteiger partial charge in [0.15, 0.2) is 5.13 Å². The molecule has 0 N–H and O–H groups in total. The van der Waals surface area contributed by atoms with Crippen LogP contribution < -0.4 is 9.64 Å². The largest absolute Gasteiger partial charge is 0.494 e. The zero-order valence-electron chi connectivity index (χ0n) is 16.0. The maximum Gasteiger partial charge on any atom is 0.253 e. The highest BCUT2D eigenvalue weighted by Crippen LogP contribution is 2.27. The number of thiazole rings is 1. The Morgan fingerprint density at radius 3 is 2.64 bits per heavy atom. The summed E-state index contributed by atoms with van der Waals surface area (Å²) in [6.45, 7) is 5.80. The van der Waals surface area contributed by atoms with Crippen molar-refractivity contribution in [3.63, 3.8) is 0 Å². The van der Waals surface area contributed by atoms with Crippen LogP contribution in [-0.4, -0.2) is 53.6 Å². The normalized spacial score (nSPS) is 14.5. The van der Waals surface area contributed by atoms with E-state index in [1.54, 1.807) is 17.5 Å². The first-order valence-corrected chi connectivity index (χ1v) is 10.5. The standard InChI is InChI=1S/C21H24N4O2S/c1-2-3-15-27-17-8-6-16(7-9-17)20(26)24-11-13-25(14-12-24)21-23-18-5-4-10-22-19(18)28-21/h4-10H,2-3,11-15H2,1H3. The summed E-state index contributed by atoms with van der Waals surface area (Å²) in [6, 6.07) is 11.4. The summed E-state index contributed by atoms with van der Waals surface area (Å²) in [7, 11) is 0. The number of rotatable bonds is 6. The molecule has 0 saturated carbocycles. The van der Waals surface area contributed by atoms with Gasteiger partial charge in [0.1, 0.15) is 16.1 Å². The van der Waals surface area contributed by atoms with Crippen LogP contribution in [0.25, 0.3) is 10.3 Å². The van der Waals surface area contributed by atoms with Gasteiger partial charge in [0.25, 0.3) is 5.91 Å². The first-order chi connectivity index (χ1) is 13.7. The minimum absolute atomic E-state index is 0.0747. The maximum atomic E-state index is 12.8. The molecule has 3 heterocycles. The highest BCUT2D eigenvalue weighted by atomic mass is 32.1. The summed E-state index contributed by atoms with van der Waals surface area (Å²) >= 11 is 1.61. The summed E-state index contributed by atoms with van der Waals surface area (Å²) in [4.78, 5) is 26.9. The molecule has 0 atom stereocenters. The smallest absolute Gasteiger partial charge is 0.253 e. The van der Waals surface area contributed by atoms with E-state index >= 15 is 0 Å². The monoisotopic (exact) mass is 396 g/mol. The van der Waals surface area contributed by atoms with Gasteiger partial charge >= 0.3 is 0 Å². The highest BCUT2D eigenvalue weighted by Gasteiger charge is 2.24. The molecule has 1 saturated heterocycles. The Morgan fingerprint density at radius 2 is 1.93 bits per heavy atom. The van der Waals surface area contributed by atoms with Crippen molar-refractivity contribution < 1.29 is 9.53 Å². The third-order valence-electron chi connectivity index (χ3n) is 4.86. The molecular formula is C21H24N4O2S. The van der Waals surface area contributed by atoms with E-state index in [1.165, 1.54) is 0 Å². The molecule has 3 aromatic rings. The molecule has 0 spiro atoms. The number of ether oxygens (including phenoxy) is 1. The Hall–Kier alpha value is -2.67. The average Bonchev–Trinajstić information content (AvgIpc) is 3.18. The molecule has 1 aromatic carbocycles. The lowest BCUT2D eigenvalue weighted by molar-refractivity contribution is 0.0746. The molecule has 28 heavy (non-hydrogen) atoms. The van der Waals surface area contributed by atoms with Gasteiger partial charge in [-0.1, -0.05) is 24.7 Å². The second-order valence-electron chi connectivity index (χ2n) is 6.83. The lowest BCUT2D eigenvalue weighted by Gasteiger charge is -2.34. The number of amides is 1. The lowest BCUT2D eigenvalue weighted by Crippen LogP contribution is -2.48. The van der Waals surface area contributed by atoms with Crippen LogP contribution in [0.4, 0.5) is 5.13 Å². The minimum Gasteiger partial charge on any atom is -0.494 e. The van der Waals surface area contributed by atoms with Gasteiger partial charge in [-0.3, -0.25) is 4.79 Å². The van der Waals surface area contributed by atoms with Crippen LogP contribution in [0, 0.1) is 0 Å². The Labute approximate surface area is 168 Å². The van der Waals surface area contributed by atoms with E-state index in [4.69, 9.17) is 4.74 Å². The van der Waals surface area contributed by atoms with Crippen LogP contribution in [-0.2, 0) is 0 Å². The molecule has 0 unspecified atom stereocenters. The van der Waals surface area contributed by atoms with E-state index in [9.17, 15) is 4.79 Å². The van der Waals surface area contributed by atoms with Gasteiger partial charge in [0.05, 0.1) is 6.61 Å².